The molecule has 1 atom stereocenters. The monoisotopic (exact) mass is 367 g/mol. The first-order valence-corrected chi connectivity index (χ1v) is 8.71. The van der Waals surface area contributed by atoms with Gasteiger partial charge in [0, 0.05) is 11.8 Å². The maximum Gasteiger partial charge on any atom is 0.256 e. The lowest BCUT2D eigenvalue weighted by molar-refractivity contribution is 0.287. The highest BCUT2D eigenvalue weighted by Crippen LogP contribution is 2.42. The second-order valence-corrected chi connectivity index (χ2v) is 6.06. The van der Waals surface area contributed by atoms with E-state index in [-0.39, 0.29) is 17.0 Å². The van der Waals surface area contributed by atoms with Crippen LogP contribution >= 0.6 is 0 Å². The third-order valence-corrected chi connectivity index (χ3v) is 4.25. The van der Waals surface area contributed by atoms with Crippen LogP contribution in [0.2, 0.25) is 0 Å². The normalized spacial score (nSPS) is 15.6. The van der Waals surface area contributed by atoms with Crippen LogP contribution < -0.4 is 25.5 Å². The molecule has 1 aliphatic heterocycles. The molecule has 0 saturated carbocycles. The molecule has 2 heterocycles. The molecule has 0 saturated heterocycles. The number of ether oxygens (including phenoxy) is 3. The van der Waals surface area contributed by atoms with Crippen LogP contribution in [0.3, 0.4) is 0 Å². The molecule has 2 aromatic rings. The van der Waals surface area contributed by atoms with Crippen molar-refractivity contribution < 1.29 is 14.2 Å². The van der Waals surface area contributed by atoms with E-state index in [9.17, 15) is 10.1 Å². The van der Waals surface area contributed by atoms with E-state index in [1.165, 1.54) is 0 Å². The van der Waals surface area contributed by atoms with Crippen molar-refractivity contribution in [2.45, 2.75) is 26.7 Å². The fraction of sp³-hybridized carbons (Fsp3) is 0.300. The summed E-state index contributed by atoms with van der Waals surface area (Å²) in [4.78, 5) is 15.4. The van der Waals surface area contributed by atoms with Crippen molar-refractivity contribution in [1.82, 2.24) is 4.98 Å². The lowest BCUT2D eigenvalue weighted by atomic mass is 9.84. The lowest BCUT2D eigenvalue weighted by Crippen LogP contribution is -2.28. The predicted octanol–water partition coefficient (Wildman–Crippen LogP) is 2.70. The van der Waals surface area contributed by atoms with Crippen molar-refractivity contribution in [2.75, 3.05) is 13.2 Å². The van der Waals surface area contributed by atoms with Crippen LogP contribution in [0.5, 0.6) is 17.2 Å². The van der Waals surface area contributed by atoms with Crippen LogP contribution in [-0.4, -0.2) is 18.2 Å². The van der Waals surface area contributed by atoms with Crippen molar-refractivity contribution in [1.29, 1.82) is 5.26 Å². The molecule has 0 bridgehead atoms. The van der Waals surface area contributed by atoms with Gasteiger partial charge in [0.25, 0.3) is 5.56 Å². The molecule has 0 spiro atoms. The largest absolute Gasteiger partial charge is 0.490 e. The molecule has 3 rings (SSSR count). The van der Waals surface area contributed by atoms with Gasteiger partial charge in [-0.05, 0) is 38.5 Å². The molecule has 0 aliphatic carbocycles. The van der Waals surface area contributed by atoms with Gasteiger partial charge >= 0.3 is 0 Å². The zero-order valence-electron chi connectivity index (χ0n) is 15.5. The maximum atomic E-state index is 12.7. The number of fused-ring (bicyclic) bond motifs is 1. The number of hydrogen-bond acceptors (Lipinski definition) is 6. The average Bonchev–Trinajstić information content (AvgIpc) is 2.62. The molecular weight excluding hydrogens is 346 g/mol. The molecule has 1 aromatic carbocycles. The standard InChI is InChI=1S/C20H21N3O4/c1-4-25-14-7-6-12(9-15(14)26-5-2)17-13(10-21)19(22)27-16-8-11(3)23-20(24)18(16)17/h6-9,17H,4-5,22H2,1-3H3,(H,23,24). The minimum absolute atomic E-state index is 0.00755. The fourth-order valence-electron chi connectivity index (χ4n) is 3.19. The molecule has 7 nitrogen and oxygen atoms in total. The minimum atomic E-state index is -0.655. The number of aromatic amines is 1. The zero-order chi connectivity index (χ0) is 19.6. The number of aryl methyl sites for hydroxylation is 1. The molecule has 7 heteroatoms. The van der Waals surface area contributed by atoms with Crippen LogP contribution in [0, 0.1) is 18.3 Å². The summed E-state index contributed by atoms with van der Waals surface area (Å²) in [5.41, 5.74) is 7.53. The molecule has 27 heavy (non-hydrogen) atoms. The van der Waals surface area contributed by atoms with E-state index in [2.05, 4.69) is 11.1 Å². The molecule has 1 unspecified atom stereocenters. The van der Waals surface area contributed by atoms with Crippen molar-refractivity contribution in [3.05, 3.63) is 62.9 Å². The SMILES string of the molecule is CCOc1ccc(C2C(C#N)=C(N)Oc3cc(C)[nH]c(=O)c32)cc1OCC. The number of nitriles is 1. The molecule has 1 aromatic heterocycles. The van der Waals surface area contributed by atoms with E-state index in [0.29, 0.717) is 47.3 Å². The minimum Gasteiger partial charge on any atom is -0.490 e. The number of nitrogens with one attached hydrogen (secondary N) is 1. The molecule has 3 N–H and O–H groups in total. The van der Waals surface area contributed by atoms with E-state index in [0.717, 1.165) is 0 Å². The van der Waals surface area contributed by atoms with E-state index in [1.54, 1.807) is 31.2 Å². The Morgan fingerprint density at radius 1 is 1.22 bits per heavy atom. The van der Waals surface area contributed by atoms with Gasteiger partial charge in [-0.15, -0.1) is 0 Å². The molecule has 140 valence electrons. The number of hydrogen-bond donors (Lipinski definition) is 2. The Kier molecular flexibility index (Phi) is 5.08. The van der Waals surface area contributed by atoms with Gasteiger partial charge in [0.05, 0.1) is 24.7 Å². The summed E-state index contributed by atoms with van der Waals surface area (Å²) in [6, 6.07) is 9.13. The van der Waals surface area contributed by atoms with Gasteiger partial charge in [-0.2, -0.15) is 5.26 Å². The predicted molar refractivity (Wildman–Crippen MR) is 99.9 cm³/mol. The van der Waals surface area contributed by atoms with Gasteiger partial charge in [0.15, 0.2) is 11.5 Å². The highest BCUT2D eigenvalue weighted by molar-refractivity contribution is 5.57. The molecule has 0 amide bonds. The maximum absolute atomic E-state index is 12.7. The van der Waals surface area contributed by atoms with Gasteiger partial charge in [0.1, 0.15) is 17.4 Å². The number of nitrogens with two attached hydrogens (primary N) is 1. The van der Waals surface area contributed by atoms with Crippen LogP contribution in [-0.2, 0) is 0 Å². The Bertz CT molecular complexity index is 1000. The average molecular weight is 367 g/mol. The summed E-state index contributed by atoms with van der Waals surface area (Å²) in [5, 5.41) is 9.64. The van der Waals surface area contributed by atoms with Gasteiger partial charge in [0.2, 0.25) is 5.88 Å². The Morgan fingerprint density at radius 3 is 2.59 bits per heavy atom. The Labute approximate surface area is 157 Å². The first-order chi connectivity index (χ1) is 13.0. The number of rotatable bonds is 5. The highest BCUT2D eigenvalue weighted by atomic mass is 16.5. The summed E-state index contributed by atoms with van der Waals surface area (Å²) in [7, 11) is 0. The number of allylic oxidation sites excluding steroid dienone is 1. The number of nitrogens with zero attached hydrogens (tertiary/aromatic N) is 1. The van der Waals surface area contributed by atoms with E-state index in [4.69, 9.17) is 19.9 Å². The Morgan fingerprint density at radius 2 is 1.93 bits per heavy atom. The zero-order valence-corrected chi connectivity index (χ0v) is 15.5. The van der Waals surface area contributed by atoms with Gasteiger partial charge in [-0.1, -0.05) is 6.07 Å². The third-order valence-electron chi connectivity index (χ3n) is 4.25. The third kappa shape index (κ3) is 3.34. The second kappa shape index (κ2) is 7.46. The summed E-state index contributed by atoms with van der Waals surface area (Å²) >= 11 is 0. The number of H-pyrrole nitrogens is 1. The van der Waals surface area contributed by atoms with Gasteiger partial charge < -0.3 is 24.9 Å². The highest BCUT2D eigenvalue weighted by Gasteiger charge is 2.33. The smallest absolute Gasteiger partial charge is 0.256 e. The van der Waals surface area contributed by atoms with Gasteiger partial charge in [-0.25, -0.2) is 0 Å². The molecule has 1 aliphatic rings. The topological polar surface area (TPSA) is 110 Å². The van der Waals surface area contributed by atoms with E-state index >= 15 is 0 Å². The summed E-state index contributed by atoms with van der Waals surface area (Å²) in [6.07, 6.45) is 0. The first kappa shape index (κ1) is 18.4. The van der Waals surface area contributed by atoms with Crippen molar-refractivity contribution >= 4 is 0 Å². The quantitative estimate of drug-likeness (QED) is 0.841. The summed E-state index contributed by atoms with van der Waals surface area (Å²) < 4.78 is 16.8. The number of aromatic nitrogens is 1. The van der Waals surface area contributed by atoms with Crippen LogP contribution in [0.15, 0.2) is 40.5 Å². The van der Waals surface area contributed by atoms with Crippen LogP contribution in [0.4, 0.5) is 0 Å². The van der Waals surface area contributed by atoms with Crippen molar-refractivity contribution in [3.8, 4) is 23.3 Å². The lowest BCUT2D eigenvalue weighted by Gasteiger charge is -2.26. The van der Waals surface area contributed by atoms with Gasteiger partial charge in [-0.3, -0.25) is 4.79 Å². The summed E-state index contributed by atoms with van der Waals surface area (Å²) in [6.45, 7) is 6.46. The molecule has 0 radical (unpaired) electrons. The Balaban J connectivity index is 2.22. The van der Waals surface area contributed by atoms with Crippen LogP contribution in [0.25, 0.3) is 0 Å². The van der Waals surface area contributed by atoms with E-state index in [1.807, 2.05) is 13.8 Å². The number of benzene rings is 1. The van der Waals surface area contributed by atoms with Crippen LogP contribution in [0.1, 0.15) is 36.6 Å². The molecular formula is C20H21N3O4. The number of pyridine rings is 1. The molecule has 0 fully saturated rings. The van der Waals surface area contributed by atoms with E-state index < -0.39 is 5.92 Å². The van der Waals surface area contributed by atoms with Crippen molar-refractivity contribution in [3.63, 3.8) is 0 Å². The second-order valence-electron chi connectivity index (χ2n) is 6.06. The van der Waals surface area contributed by atoms with Crippen molar-refractivity contribution in [2.24, 2.45) is 5.73 Å². The fourth-order valence-corrected chi connectivity index (χ4v) is 3.19. The summed E-state index contributed by atoms with van der Waals surface area (Å²) in [5.74, 6) is 0.836. The first-order valence-electron chi connectivity index (χ1n) is 8.71. The Hall–Kier alpha value is -3.40.